The van der Waals surface area contributed by atoms with E-state index in [-0.39, 0.29) is 54.2 Å². The second kappa shape index (κ2) is 14.4. The fraction of sp³-hybridized carbons (Fsp3) is 0.524. The number of aromatic hydroxyl groups is 2. The van der Waals surface area contributed by atoms with Crippen LogP contribution in [0.15, 0.2) is 18.2 Å². The van der Waals surface area contributed by atoms with Crippen molar-refractivity contribution in [3.63, 3.8) is 0 Å². The maximum absolute atomic E-state index is 14.8. The lowest BCUT2D eigenvalue weighted by molar-refractivity contribution is -0.154. The Balaban J connectivity index is 1.31. The molecule has 0 aliphatic carbocycles. The van der Waals surface area contributed by atoms with Crippen molar-refractivity contribution < 1.29 is 53.0 Å². The van der Waals surface area contributed by atoms with E-state index in [4.69, 9.17) is 33.2 Å². The number of carbonyl (C=O) groups is 2. The molecule has 0 aromatic heterocycles. The number of methoxy groups -OCH3 is 2. The molecule has 1 saturated heterocycles. The van der Waals surface area contributed by atoms with Crippen molar-refractivity contribution in [1.82, 2.24) is 15.1 Å². The highest BCUT2D eigenvalue weighted by Gasteiger charge is 2.56. The van der Waals surface area contributed by atoms with Crippen LogP contribution in [0.3, 0.4) is 0 Å². The summed E-state index contributed by atoms with van der Waals surface area (Å²) in [6, 6.07) is 4.29. The average molecular weight is 806 g/mol. The van der Waals surface area contributed by atoms with Gasteiger partial charge in [-0.1, -0.05) is 6.07 Å². The van der Waals surface area contributed by atoms with E-state index in [1.165, 1.54) is 18.9 Å². The van der Waals surface area contributed by atoms with E-state index >= 15 is 0 Å². The zero-order valence-corrected chi connectivity index (χ0v) is 34.7. The van der Waals surface area contributed by atoms with E-state index in [9.17, 15) is 19.8 Å². The molecule has 306 valence electrons. The maximum Gasteiger partial charge on any atom is 0.514 e. The number of rotatable bonds is 4. The predicted octanol–water partition coefficient (Wildman–Crippen LogP) is 5.73. The van der Waals surface area contributed by atoms with Crippen molar-refractivity contribution in [2.24, 2.45) is 0 Å². The molecule has 2 bridgehead atoms. The molecule has 6 aliphatic heterocycles. The van der Waals surface area contributed by atoms with Gasteiger partial charge in [0, 0.05) is 47.1 Å². The summed E-state index contributed by atoms with van der Waals surface area (Å²) < 4.78 is 41.2. The number of likely N-dealkylation sites (N-methyl/N-ethyl adjacent to an activating group) is 1. The molecule has 0 saturated carbocycles. The van der Waals surface area contributed by atoms with Gasteiger partial charge in [0.2, 0.25) is 6.79 Å². The molecule has 6 heterocycles. The van der Waals surface area contributed by atoms with Crippen molar-refractivity contribution in [2.45, 2.75) is 82.0 Å². The monoisotopic (exact) mass is 805 g/mol. The number of nitrogens with one attached hydrogen (secondary N) is 1. The van der Waals surface area contributed by atoms with Crippen LogP contribution in [-0.4, -0.2) is 104 Å². The van der Waals surface area contributed by atoms with Crippen LogP contribution in [0, 0.1) is 13.8 Å². The Hall–Kier alpha value is -4.57. The van der Waals surface area contributed by atoms with Crippen LogP contribution >= 0.6 is 11.8 Å². The van der Waals surface area contributed by atoms with Crippen LogP contribution in [0.5, 0.6) is 40.2 Å². The van der Waals surface area contributed by atoms with Gasteiger partial charge >= 0.3 is 12.1 Å². The smallest absolute Gasteiger partial charge is 0.507 e. The standard InChI is InChI=1S/C42H51N3O11S/c1-20-14-23-11-13-45-25-17-52-39(48)42(24-16-26(50-8)27(15-22(24)10-12-43-42)55-40(49)56-41(3,4)5)18-57-38(30-29(25)37-36(53-19-54-37)21(2)33(30)46)32(45)31(44(6)7)28(23)34(47)35(20)51-9/h14-16,25,31-32,38,43,46-47H,10-13,17-19H2,1-9H3/t25?,31?,32?,38?,42-/m1/s1. The predicted molar refractivity (Wildman–Crippen MR) is 211 cm³/mol. The van der Waals surface area contributed by atoms with Gasteiger partial charge in [-0.25, -0.2) is 9.59 Å². The molecule has 0 radical (unpaired) electrons. The Kier molecular flexibility index (Phi) is 9.89. The number of benzene rings is 3. The lowest BCUT2D eigenvalue weighted by atomic mass is 9.80. The minimum Gasteiger partial charge on any atom is -0.507 e. The fourth-order valence-electron chi connectivity index (χ4n) is 9.48. The number of carbonyl (C=O) groups excluding carboxylic acids is 2. The number of phenols is 2. The number of nitrogens with zero attached hydrogens (tertiary/aromatic N) is 2. The third-order valence-electron chi connectivity index (χ3n) is 11.8. The lowest BCUT2D eigenvalue weighted by Crippen LogP contribution is -2.58. The van der Waals surface area contributed by atoms with E-state index in [0.29, 0.717) is 59.9 Å². The minimum absolute atomic E-state index is 0.00377. The van der Waals surface area contributed by atoms with Crippen molar-refractivity contribution in [1.29, 1.82) is 0 Å². The number of thioether (sulfide) groups is 1. The molecule has 3 aromatic rings. The first-order valence-corrected chi connectivity index (χ1v) is 20.3. The molecule has 9 rings (SSSR count). The molecule has 0 amide bonds. The molecule has 14 nitrogen and oxygen atoms in total. The van der Waals surface area contributed by atoms with Gasteiger partial charge in [-0.2, -0.15) is 0 Å². The molecule has 57 heavy (non-hydrogen) atoms. The molecular formula is C42H51N3O11S. The van der Waals surface area contributed by atoms with Crippen molar-refractivity contribution in [3.8, 4) is 40.2 Å². The molecule has 3 N–H and O–H groups in total. The Labute approximate surface area is 336 Å². The lowest BCUT2D eigenvalue weighted by Gasteiger charge is -2.52. The normalized spacial score (nSPS) is 25.1. The summed E-state index contributed by atoms with van der Waals surface area (Å²) in [7, 11) is 7.03. The van der Waals surface area contributed by atoms with Crippen molar-refractivity contribution in [2.75, 3.05) is 60.6 Å². The Morgan fingerprint density at radius 2 is 1.72 bits per heavy atom. The molecule has 4 unspecified atom stereocenters. The molecular weight excluding hydrogens is 755 g/mol. The van der Waals surface area contributed by atoms with Gasteiger partial charge in [-0.3, -0.25) is 10.2 Å². The first kappa shape index (κ1) is 39.3. The number of aryl methyl sites for hydroxylation is 1. The topological polar surface area (TPSA) is 158 Å². The first-order valence-electron chi connectivity index (χ1n) is 19.2. The number of hydrogen-bond donors (Lipinski definition) is 3. The van der Waals surface area contributed by atoms with Crippen LogP contribution in [0.1, 0.15) is 82.6 Å². The average Bonchev–Trinajstić information content (AvgIpc) is 3.57. The fourth-order valence-corrected chi connectivity index (χ4v) is 11.2. The highest BCUT2D eigenvalue weighted by molar-refractivity contribution is 7.99. The largest absolute Gasteiger partial charge is 0.514 e. The van der Waals surface area contributed by atoms with Gasteiger partial charge in [0.05, 0.1) is 31.6 Å². The summed E-state index contributed by atoms with van der Waals surface area (Å²) in [4.78, 5) is 32.1. The van der Waals surface area contributed by atoms with Crippen LogP contribution in [0.25, 0.3) is 0 Å². The second-order valence-electron chi connectivity index (χ2n) is 16.6. The van der Waals surface area contributed by atoms with Crippen molar-refractivity contribution >= 4 is 23.9 Å². The second-order valence-corrected chi connectivity index (χ2v) is 17.7. The number of phenolic OH excluding ortho intramolecular Hbond substituents is 2. The van der Waals surface area contributed by atoms with Crippen molar-refractivity contribution in [3.05, 3.63) is 62.7 Å². The van der Waals surface area contributed by atoms with E-state index in [1.54, 1.807) is 40.0 Å². The summed E-state index contributed by atoms with van der Waals surface area (Å²) in [5.74, 6) is 1.82. The summed E-state index contributed by atoms with van der Waals surface area (Å²) in [5, 5.41) is 27.4. The molecule has 5 atom stereocenters. The minimum atomic E-state index is -1.35. The van der Waals surface area contributed by atoms with Gasteiger partial charge < -0.3 is 48.3 Å². The van der Waals surface area contributed by atoms with Gasteiger partial charge in [0.1, 0.15) is 18.0 Å². The number of esters is 1. The summed E-state index contributed by atoms with van der Waals surface area (Å²) >= 11 is 1.54. The Morgan fingerprint density at radius 3 is 2.42 bits per heavy atom. The van der Waals surface area contributed by atoms with Crippen LogP contribution in [0.4, 0.5) is 4.79 Å². The van der Waals surface area contributed by atoms with E-state index in [2.05, 4.69) is 21.2 Å². The summed E-state index contributed by atoms with van der Waals surface area (Å²) in [6.45, 7) is 9.97. The number of ether oxygens (including phenoxy) is 7. The first-order chi connectivity index (χ1) is 27.1. The third-order valence-corrected chi connectivity index (χ3v) is 13.3. The zero-order valence-electron chi connectivity index (χ0n) is 33.9. The van der Waals surface area contributed by atoms with Crippen LogP contribution < -0.4 is 29.0 Å². The van der Waals surface area contributed by atoms with Crippen LogP contribution in [0.2, 0.25) is 0 Å². The van der Waals surface area contributed by atoms with E-state index < -0.39 is 34.6 Å². The highest BCUT2D eigenvalue weighted by Crippen LogP contribution is 2.62. The van der Waals surface area contributed by atoms with E-state index in [1.807, 2.05) is 27.9 Å². The number of fused-ring (bicyclic) bond motifs is 6. The quantitative estimate of drug-likeness (QED) is 0.217. The Morgan fingerprint density at radius 1 is 0.965 bits per heavy atom. The third kappa shape index (κ3) is 6.28. The van der Waals surface area contributed by atoms with E-state index in [0.717, 1.165) is 27.8 Å². The molecule has 3 aromatic carbocycles. The van der Waals surface area contributed by atoms with Gasteiger partial charge in [0.25, 0.3) is 0 Å². The van der Waals surface area contributed by atoms with Gasteiger partial charge in [0.15, 0.2) is 40.0 Å². The van der Waals surface area contributed by atoms with Gasteiger partial charge in [-0.05, 0) is 95.9 Å². The summed E-state index contributed by atoms with van der Waals surface area (Å²) in [6.07, 6.45) is 0.279. The maximum atomic E-state index is 14.8. The molecule has 15 heteroatoms. The highest BCUT2D eigenvalue weighted by atomic mass is 32.2. The molecule has 1 spiro atoms. The van der Waals surface area contributed by atoms with Gasteiger partial charge in [-0.15, -0.1) is 11.8 Å². The SMILES string of the molecule is COc1cc2c(cc1OC(=O)OC(C)(C)C)CCN[C@]21CSC2c3c(O)c(C)c4c(c3C(COC1=O)N1CCc3cc(C)c(OC)c(O)c3C(N(C)C)C21)OCO4. The summed E-state index contributed by atoms with van der Waals surface area (Å²) in [5.41, 5.74) is 3.94. The molecule has 6 aliphatic rings. The molecule has 1 fully saturated rings. The zero-order chi connectivity index (χ0) is 40.7. The Bertz CT molecular complexity index is 2150. The van der Waals surface area contributed by atoms with Crippen LogP contribution in [-0.2, 0) is 32.6 Å². The number of hydrogen-bond acceptors (Lipinski definition) is 15.